The summed E-state index contributed by atoms with van der Waals surface area (Å²) in [5.41, 5.74) is 0.310. The van der Waals surface area contributed by atoms with Gasteiger partial charge in [-0.15, -0.1) is 23.2 Å². The van der Waals surface area contributed by atoms with Crippen LogP contribution < -0.4 is 4.90 Å². The summed E-state index contributed by atoms with van der Waals surface area (Å²) in [6.45, 7) is 0. The van der Waals surface area contributed by atoms with Crippen molar-refractivity contribution in [3.63, 3.8) is 0 Å². The van der Waals surface area contributed by atoms with Crippen LogP contribution in [0.4, 0.5) is 5.69 Å². The van der Waals surface area contributed by atoms with Gasteiger partial charge < -0.3 is 9.47 Å². The minimum absolute atomic E-state index is 0.0602. The number of nitrogens with zero attached hydrogens (tertiary/aromatic N) is 2. The van der Waals surface area contributed by atoms with E-state index in [4.69, 9.17) is 55.9 Å². The van der Waals surface area contributed by atoms with Gasteiger partial charge in [0.05, 0.1) is 33.8 Å². The lowest BCUT2D eigenvalue weighted by atomic mass is 9.84. The van der Waals surface area contributed by atoms with E-state index in [0.29, 0.717) is 5.69 Å². The second-order valence-corrected chi connectivity index (χ2v) is 8.20. The molecular weight excluding hydrogens is 426 g/mol. The van der Waals surface area contributed by atoms with Crippen LogP contribution in [0.1, 0.15) is 0 Å². The standard InChI is InChI=1S/C16H12Cl4N2O4/c1-25-16(26-2)14(19)8-9(15(16,20)11(18)10(14)17)13(24)22(12(8)23)7-4-3-5-21-6-7/h3-6,8-9H,1-2H3/t8-,9+,14-,15-/m0/s1. The quantitative estimate of drug-likeness (QED) is 0.413. The minimum atomic E-state index is -1.78. The van der Waals surface area contributed by atoms with Crippen molar-refractivity contribution in [1.29, 1.82) is 0 Å². The molecule has 2 fully saturated rings. The van der Waals surface area contributed by atoms with E-state index in [0.717, 1.165) is 4.90 Å². The van der Waals surface area contributed by atoms with Crippen LogP contribution in [0, 0.1) is 11.8 Å². The number of carbonyl (C=O) groups is 2. The van der Waals surface area contributed by atoms with Gasteiger partial charge in [0.2, 0.25) is 17.6 Å². The molecule has 1 saturated carbocycles. The van der Waals surface area contributed by atoms with Crippen molar-refractivity contribution in [2.24, 2.45) is 11.8 Å². The monoisotopic (exact) mass is 436 g/mol. The molecule has 2 heterocycles. The molecule has 3 aliphatic rings. The molecule has 0 unspecified atom stereocenters. The zero-order chi connectivity index (χ0) is 19.1. The van der Waals surface area contributed by atoms with Gasteiger partial charge in [-0.05, 0) is 12.1 Å². The van der Waals surface area contributed by atoms with Crippen LogP contribution in [0.2, 0.25) is 0 Å². The molecule has 4 rings (SSSR count). The number of anilines is 1. The Bertz CT molecular complexity index is 813. The van der Waals surface area contributed by atoms with Gasteiger partial charge in [0.1, 0.15) is 9.75 Å². The van der Waals surface area contributed by atoms with E-state index in [1.54, 1.807) is 12.1 Å². The van der Waals surface area contributed by atoms with Crippen LogP contribution in [-0.4, -0.2) is 46.6 Å². The summed E-state index contributed by atoms with van der Waals surface area (Å²) in [6, 6.07) is 3.20. The Balaban J connectivity index is 1.95. The average molecular weight is 438 g/mol. The van der Waals surface area contributed by atoms with Crippen molar-refractivity contribution >= 4 is 63.9 Å². The highest BCUT2D eigenvalue weighted by Gasteiger charge is 2.89. The number of alkyl halides is 2. The summed E-state index contributed by atoms with van der Waals surface area (Å²) in [7, 11) is 2.62. The van der Waals surface area contributed by atoms with Crippen LogP contribution >= 0.6 is 46.4 Å². The summed E-state index contributed by atoms with van der Waals surface area (Å²) >= 11 is 26.5. The highest BCUT2D eigenvalue weighted by molar-refractivity contribution is 6.54. The average Bonchev–Trinajstić information content (AvgIpc) is 3.06. The molecule has 2 amide bonds. The SMILES string of the molecule is COC1(OC)[C@@]2(Cl)C(Cl)=C(Cl)[C@@]1(Cl)[C@H]1C(=O)N(c3cccnc3)C(=O)[C@H]12. The topological polar surface area (TPSA) is 68.7 Å². The highest BCUT2D eigenvalue weighted by Crippen LogP contribution is 2.75. The molecule has 10 heteroatoms. The lowest BCUT2D eigenvalue weighted by Crippen LogP contribution is -2.60. The fourth-order valence-electron chi connectivity index (χ4n) is 4.45. The van der Waals surface area contributed by atoms with Gasteiger partial charge in [0, 0.05) is 20.4 Å². The molecule has 4 atom stereocenters. The number of imide groups is 1. The van der Waals surface area contributed by atoms with Crippen LogP contribution in [0.25, 0.3) is 0 Å². The molecule has 0 radical (unpaired) electrons. The van der Waals surface area contributed by atoms with E-state index < -0.39 is 39.2 Å². The Labute approximate surface area is 168 Å². The molecular formula is C16H12Cl4N2O4. The molecule has 0 spiro atoms. The number of methoxy groups -OCH3 is 2. The summed E-state index contributed by atoms with van der Waals surface area (Å²) in [6.07, 6.45) is 2.93. The third-order valence-corrected chi connectivity index (χ3v) is 8.04. The van der Waals surface area contributed by atoms with Gasteiger partial charge in [0.15, 0.2) is 0 Å². The third kappa shape index (κ3) is 1.64. The first kappa shape index (κ1) is 18.5. The maximum Gasteiger partial charge on any atom is 0.240 e. The third-order valence-electron chi connectivity index (χ3n) is 5.43. The zero-order valence-corrected chi connectivity index (χ0v) is 16.5. The lowest BCUT2D eigenvalue weighted by molar-refractivity contribution is -0.221. The van der Waals surface area contributed by atoms with E-state index in [2.05, 4.69) is 4.98 Å². The first-order valence-electron chi connectivity index (χ1n) is 7.56. The molecule has 2 bridgehead atoms. The first-order valence-corrected chi connectivity index (χ1v) is 9.07. The smallest absolute Gasteiger partial charge is 0.240 e. The predicted molar refractivity (Wildman–Crippen MR) is 96.4 cm³/mol. The van der Waals surface area contributed by atoms with Crippen LogP contribution in [-0.2, 0) is 19.1 Å². The van der Waals surface area contributed by atoms with Crippen molar-refractivity contribution in [1.82, 2.24) is 4.98 Å². The van der Waals surface area contributed by atoms with Gasteiger partial charge in [-0.1, -0.05) is 23.2 Å². The zero-order valence-electron chi connectivity index (χ0n) is 13.5. The number of aromatic nitrogens is 1. The van der Waals surface area contributed by atoms with Gasteiger partial charge in [-0.25, -0.2) is 4.90 Å². The first-order chi connectivity index (χ1) is 12.2. The maximum atomic E-state index is 13.2. The Morgan fingerprint density at radius 3 is 1.92 bits per heavy atom. The number of halogens is 4. The predicted octanol–water partition coefficient (Wildman–Crippen LogP) is 2.85. The molecule has 1 aromatic rings. The largest absolute Gasteiger partial charge is 0.350 e. The summed E-state index contributed by atoms with van der Waals surface area (Å²) in [4.78, 5) is 27.9. The van der Waals surface area contributed by atoms with Gasteiger partial charge in [-0.3, -0.25) is 14.6 Å². The number of fused-ring (bicyclic) bond motifs is 5. The van der Waals surface area contributed by atoms with E-state index in [9.17, 15) is 9.59 Å². The van der Waals surface area contributed by atoms with Gasteiger partial charge in [-0.2, -0.15) is 0 Å². The number of hydrogen-bond donors (Lipinski definition) is 0. The fourth-order valence-corrected chi connectivity index (χ4v) is 6.61. The Morgan fingerprint density at radius 2 is 1.54 bits per heavy atom. The van der Waals surface area contributed by atoms with E-state index in [1.165, 1.54) is 26.6 Å². The van der Waals surface area contributed by atoms with Crippen molar-refractivity contribution in [2.75, 3.05) is 19.1 Å². The minimum Gasteiger partial charge on any atom is -0.350 e. The number of carbonyl (C=O) groups excluding carboxylic acids is 2. The van der Waals surface area contributed by atoms with E-state index >= 15 is 0 Å². The van der Waals surface area contributed by atoms with Crippen LogP contribution in [0.5, 0.6) is 0 Å². The van der Waals surface area contributed by atoms with E-state index in [1.807, 2.05) is 0 Å². The molecule has 1 aromatic heterocycles. The number of hydrogen-bond acceptors (Lipinski definition) is 5. The summed E-state index contributed by atoms with van der Waals surface area (Å²) in [5.74, 6) is -5.12. The fraction of sp³-hybridized carbons (Fsp3) is 0.438. The molecule has 0 N–H and O–H groups in total. The maximum absolute atomic E-state index is 13.2. The molecule has 138 valence electrons. The molecule has 1 saturated heterocycles. The Kier molecular flexibility index (Phi) is 3.95. The second-order valence-electron chi connectivity index (χ2n) is 6.25. The van der Waals surface area contributed by atoms with Crippen molar-refractivity contribution < 1.29 is 19.1 Å². The summed E-state index contributed by atoms with van der Waals surface area (Å²) < 4.78 is 11.0. The second kappa shape index (κ2) is 5.56. The van der Waals surface area contributed by atoms with Crippen molar-refractivity contribution in [3.05, 3.63) is 34.6 Å². The lowest BCUT2D eigenvalue weighted by Gasteiger charge is -2.42. The van der Waals surface area contributed by atoms with Crippen LogP contribution in [0.15, 0.2) is 34.6 Å². The molecule has 1 aliphatic heterocycles. The summed E-state index contributed by atoms with van der Waals surface area (Å²) in [5, 5.41) is -0.120. The van der Waals surface area contributed by atoms with E-state index in [-0.39, 0.29) is 10.1 Å². The highest BCUT2D eigenvalue weighted by atomic mass is 35.5. The number of rotatable bonds is 3. The Morgan fingerprint density at radius 1 is 1.04 bits per heavy atom. The van der Waals surface area contributed by atoms with Crippen molar-refractivity contribution in [2.45, 2.75) is 15.5 Å². The molecule has 26 heavy (non-hydrogen) atoms. The molecule has 6 nitrogen and oxygen atoms in total. The van der Waals surface area contributed by atoms with Crippen LogP contribution in [0.3, 0.4) is 0 Å². The Hall–Kier alpha value is -0.890. The number of amides is 2. The molecule has 2 aliphatic carbocycles. The molecule has 0 aromatic carbocycles. The number of ether oxygens (including phenoxy) is 2. The van der Waals surface area contributed by atoms with Gasteiger partial charge in [0.25, 0.3) is 0 Å². The number of pyridine rings is 1. The van der Waals surface area contributed by atoms with Gasteiger partial charge >= 0.3 is 0 Å². The van der Waals surface area contributed by atoms with Crippen molar-refractivity contribution in [3.8, 4) is 0 Å². The normalized spacial score (nSPS) is 37.7.